The Balaban J connectivity index is 1.38. The van der Waals surface area contributed by atoms with E-state index in [1.165, 1.54) is 0 Å². The van der Waals surface area contributed by atoms with Gasteiger partial charge in [0.25, 0.3) is 5.24 Å². The van der Waals surface area contributed by atoms with Gasteiger partial charge in [-0.1, -0.05) is 48.5 Å². The van der Waals surface area contributed by atoms with Gasteiger partial charge in [-0.05, 0) is 36.1 Å². The SMILES string of the molecule is Cc1oc(-c2ccccc2)nc1COc1ccc(CC2NC(=O)SC2=O)c2ccccc12. The molecule has 1 aliphatic rings. The van der Waals surface area contributed by atoms with Crippen LogP contribution in [0.2, 0.25) is 0 Å². The maximum absolute atomic E-state index is 12.0. The molecule has 32 heavy (non-hydrogen) atoms. The highest BCUT2D eigenvalue weighted by Crippen LogP contribution is 2.31. The van der Waals surface area contributed by atoms with Crippen LogP contribution in [-0.4, -0.2) is 21.4 Å². The minimum atomic E-state index is -0.503. The van der Waals surface area contributed by atoms with Crippen molar-refractivity contribution in [3.05, 3.63) is 83.7 Å². The summed E-state index contributed by atoms with van der Waals surface area (Å²) in [5.74, 6) is 2.02. The highest BCUT2D eigenvalue weighted by Gasteiger charge is 2.31. The topological polar surface area (TPSA) is 81.4 Å². The summed E-state index contributed by atoms with van der Waals surface area (Å²) >= 11 is 0.734. The van der Waals surface area contributed by atoms with Crippen LogP contribution in [0.15, 0.2) is 71.1 Å². The lowest BCUT2D eigenvalue weighted by atomic mass is 9.98. The molecule has 1 aliphatic heterocycles. The minimum absolute atomic E-state index is 0.143. The number of nitrogens with one attached hydrogen (secondary N) is 1. The lowest BCUT2D eigenvalue weighted by Gasteiger charge is -2.14. The van der Waals surface area contributed by atoms with E-state index >= 15 is 0 Å². The Labute approximate surface area is 189 Å². The first-order chi connectivity index (χ1) is 15.6. The molecule has 3 aromatic carbocycles. The van der Waals surface area contributed by atoms with Crippen molar-refractivity contribution in [3.63, 3.8) is 0 Å². The van der Waals surface area contributed by atoms with Gasteiger partial charge in [-0.2, -0.15) is 0 Å². The number of nitrogens with zero attached hydrogens (tertiary/aromatic N) is 1. The second kappa shape index (κ2) is 8.51. The van der Waals surface area contributed by atoms with Gasteiger partial charge in [0, 0.05) is 29.1 Å². The molecule has 160 valence electrons. The molecule has 0 radical (unpaired) electrons. The number of ether oxygens (including phenoxy) is 1. The van der Waals surface area contributed by atoms with Gasteiger partial charge in [-0.25, -0.2) is 4.98 Å². The Morgan fingerprint density at radius 2 is 1.75 bits per heavy atom. The third-order valence-electron chi connectivity index (χ3n) is 5.45. The maximum atomic E-state index is 12.0. The molecule has 0 aliphatic carbocycles. The second-order valence-electron chi connectivity index (χ2n) is 7.55. The lowest BCUT2D eigenvalue weighted by molar-refractivity contribution is -0.112. The number of hydrogen-bond donors (Lipinski definition) is 1. The van der Waals surface area contributed by atoms with Crippen molar-refractivity contribution < 1.29 is 18.7 Å². The first kappa shape index (κ1) is 20.3. The normalized spacial score (nSPS) is 15.8. The summed E-state index contributed by atoms with van der Waals surface area (Å²) in [4.78, 5) is 28.1. The fraction of sp³-hybridized carbons (Fsp3) is 0.160. The number of rotatable bonds is 6. The Kier molecular flexibility index (Phi) is 5.41. The third kappa shape index (κ3) is 3.99. The lowest BCUT2D eigenvalue weighted by Crippen LogP contribution is -2.30. The zero-order valence-corrected chi connectivity index (χ0v) is 18.1. The summed E-state index contributed by atoms with van der Waals surface area (Å²) in [5, 5.41) is 4.23. The van der Waals surface area contributed by atoms with Gasteiger partial charge in [0.15, 0.2) is 0 Å². The van der Waals surface area contributed by atoms with Gasteiger partial charge in [0.2, 0.25) is 11.0 Å². The number of carbonyl (C=O) groups excluding carboxylic acids is 2. The molecule has 5 rings (SSSR count). The van der Waals surface area contributed by atoms with E-state index < -0.39 is 6.04 Å². The molecule has 1 atom stereocenters. The van der Waals surface area contributed by atoms with Gasteiger partial charge in [-0.3, -0.25) is 9.59 Å². The highest BCUT2D eigenvalue weighted by molar-refractivity contribution is 8.26. The minimum Gasteiger partial charge on any atom is -0.487 e. The molecular weight excluding hydrogens is 424 g/mol. The second-order valence-corrected chi connectivity index (χ2v) is 8.53. The highest BCUT2D eigenvalue weighted by atomic mass is 32.2. The zero-order chi connectivity index (χ0) is 22.1. The van der Waals surface area contributed by atoms with E-state index in [2.05, 4.69) is 10.3 Å². The van der Waals surface area contributed by atoms with Gasteiger partial charge in [0.05, 0.1) is 0 Å². The van der Waals surface area contributed by atoms with E-state index in [1.807, 2.05) is 73.7 Å². The summed E-state index contributed by atoms with van der Waals surface area (Å²) in [5.41, 5.74) is 2.65. The zero-order valence-electron chi connectivity index (χ0n) is 17.3. The molecule has 6 nitrogen and oxygen atoms in total. The van der Waals surface area contributed by atoms with Crippen LogP contribution in [-0.2, 0) is 17.8 Å². The van der Waals surface area contributed by atoms with Gasteiger partial charge < -0.3 is 14.5 Å². The first-order valence-corrected chi connectivity index (χ1v) is 11.1. The van der Waals surface area contributed by atoms with Crippen LogP contribution in [0.3, 0.4) is 0 Å². The number of aryl methyl sites for hydroxylation is 1. The van der Waals surface area contributed by atoms with Crippen molar-refractivity contribution in [1.82, 2.24) is 10.3 Å². The van der Waals surface area contributed by atoms with Crippen molar-refractivity contribution in [2.45, 2.75) is 26.0 Å². The smallest absolute Gasteiger partial charge is 0.287 e. The van der Waals surface area contributed by atoms with Crippen molar-refractivity contribution in [2.24, 2.45) is 0 Å². The van der Waals surface area contributed by atoms with E-state index in [4.69, 9.17) is 9.15 Å². The van der Waals surface area contributed by atoms with E-state index in [9.17, 15) is 9.59 Å². The molecule has 1 amide bonds. The van der Waals surface area contributed by atoms with Crippen LogP contribution in [0.5, 0.6) is 5.75 Å². The third-order valence-corrected chi connectivity index (χ3v) is 6.24. The molecule has 2 heterocycles. The van der Waals surface area contributed by atoms with Crippen molar-refractivity contribution in [3.8, 4) is 17.2 Å². The van der Waals surface area contributed by atoms with Crippen LogP contribution in [0.4, 0.5) is 4.79 Å². The molecular formula is C25H20N2O4S. The maximum Gasteiger partial charge on any atom is 0.287 e. The van der Waals surface area contributed by atoms with Crippen molar-refractivity contribution in [2.75, 3.05) is 0 Å². The van der Waals surface area contributed by atoms with Crippen molar-refractivity contribution >= 4 is 32.9 Å². The van der Waals surface area contributed by atoms with Crippen molar-refractivity contribution in [1.29, 1.82) is 0 Å². The number of carbonyl (C=O) groups is 2. The van der Waals surface area contributed by atoms with E-state index in [-0.39, 0.29) is 17.0 Å². The van der Waals surface area contributed by atoms with E-state index in [0.29, 0.717) is 12.3 Å². The van der Waals surface area contributed by atoms with Gasteiger partial charge >= 0.3 is 0 Å². The largest absolute Gasteiger partial charge is 0.487 e. The van der Waals surface area contributed by atoms with Gasteiger partial charge in [0.1, 0.15) is 29.9 Å². The predicted molar refractivity (Wildman–Crippen MR) is 124 cm³/mol. The van der Waals surface area contributed by atoms with Crippen LogP contribution < -0.4 is 10.1 Å². The molecule has 1 aromatic heterocycles. The monoisotopic (exact) mass is 444 g/mol. The summed E-state index contributed by atoms with van der Waals surface area (Å²) in [6.07, 6.45) is 0.446. The number of thioether (sulfide) groups is 1. The van der Waals surface area contributed by atoms with Crippen LogP contribution >= 0.6 is 11.8 Å². The summed E-state index contributed by atoms with van der Waals surface area (Å²) < 4.78 is 12.0. The van der Waals surface area contributed by atoms with E-state index in [1.54, 1.807) is 0 Å². The average Bonchev–Trinajstić information content (AvgIpc) is 3.34. The van der Waals surface area contributed by atoms with E-state index in [0.717, 1.165) is 50.9 Å². The summed E-state index contributed by atoms with van der Waals surface area (Å²) in [7, 11) is 0. The quantitative estimate of drug-likeness (QED) is 0.436. The predicted octanol–water partition coefficient (Wildman–Crippen LogP) is 5.28. The number of hydrogen-bond acceptors (Lipinski definition) is 6. The standard InChI is InChI=1S/C25H20N2O4S/c1-15-21(26-23(31-15)16-7-3-2-4-8-16)14-30-22-12-11-17(18-9-5-6-10-19(18)22)13-20-24(28)32-25(29)27-20/h2-12,20H,13-14H2,1H3,(H,27,29). The molecule has 1 fully saturated rings. The molecule has 0 saturated carbocycles. The Morgan fingerprint density at radius 1 is 1.00 bits per heavy atom. The average molecular weight is 445 g/mol. The molecule has 0 bridgehead atoms. The number of oxazole rings is 1. The molecule has 0 spiro atoms. The van der Waals surface area contributed by atoms with Gasteiger partial charge in [-0.15, -0.1) is 0 Å². The van der Waals surface area contributed by atoms with Crippen LogP contribution in [0.25, 0.3) is 22.2 Å². The van der Waals surface area contributed by atoms with Crippen LogP contribution in [0.1, 0.15) is 17.0 Å². The molecule has 4 aromatic rings. The molecule has 7 heteroatoms. The Bertz CT molecular complexity index is 1320. The number of aromatic nitrogens is 1. The first-order valence-electron chi connectivity index (χ1n) is 10.3. The number of benzene rings is 3. The summed E-state index contributed by atoms with van der Waals surface area (Å²) in [6, 6.07) is 21.0. The summed E-state index contributed by atoms with van der Waals surface area (Å²) in [6.45, 7) is 2.16. The Morgan fingerprint density at radius 3 is 2.50 bits per heavy atom. The molecule has 1 N–H and O–H groups in total. The number of fused-ring (bicyclic) bond motifs is 1. The van der Waals surface area contributed by atoms with Crippen LogP contribution in [0, 0.1) is 6.92 Å². The molecule has 1 unspecified atom stereocenters. The number of amides is 1. The molecule has 1 saturated heterocycles. The fourth-order valence-corrected chi connectivity index (χ4v) is 4.47. The Hall–Kier alpha value is -3.58. The fourth-order valence-electron chi connectivity index (χ4n) is 3.80.